The van der Waals surface area contributed by atoms with E-state index in [-0.39, 0.29) is 18.4 Å². The summed E-state index contributed by atoms with van der Waals surface area (Å²) < 4.78 is 0. The SMILES string of the molecule is CC(=O)O.CCCCC/C=C\C/C=C\CCCCCCCCC(=O)CCCCCCCC/C=C\C/C=C\CCCCC.CCCCC/C=C\C/C=C\CCCCCCCCC(CCCCCCCC/C=C\C/C=C\CCCCC)=NNC(=O)CCN(C)C.CCO.CN(C)CCC(=O)NN. The number of ketones is 1. The molecule has 0 aromatic rings. The zero-order valence-corrected chi connectivity index (χ0v) is 67.5. The summed E-state index contributed by atoms with van der Waals surface area (Å²) in [6.07, 6.45) is 103. The Balaban J connectivity index is -0.000000497. The van der Waals surface area contributed by atoms with Gasteiger partial charge in [-0.05, 0) is 202 Å². The summed E-state index contributed by atoms with van der Waals surface area (Å²) in [6, 6.07) is 0. The standard InChI is InChI=1S/C42H77N3O.C37H66O.C5H13N3O.C2H4O2.C2H6O/c1-5-7-9-11-13-15-17-19-21-23-25-27-29-31-33-35-37-41(43-44-42(46)39-40-45(3)4)38-36-34-32-30-28-26-24-22-20-18-16-14-12-10-8-6-2;1-3-5-7-9-11-13-15-17-19-21-23-25-27-29-31-33-35-37(38)36-34-32-30-28-26-24-22-20-18-16-14-12-10-8-6-4-2;1-8(2)4-3-5(9)7-6;1-2(3)4;1-2-3/h13-16,19-22H,5-12,17-18,23-40H2,1-4H3,(H,44,46);11-14,17-20H,3-10,15-16,21-36H2,1-2H3;3-4,6H2,1-2H3,(H,7,9);1H3,(H,3,4);3H,2H2,1H3/b15-13-,16-14-,21-19-,22-20-;13-11-,14-12-,19-17-,20-18-;;;. The van der Waals surface area contributed by atoms with Gasteiger partial charge in [0.1, 0.15) is 5.78 Å². The number of aliphatic hydroxyl groups is 1. The van der Waals surface area contributed by atoms with Crippen molar-refractivity contribution in [1.29, 1.82) is 0 Å². The first kappa shape index (κ1) is 104. The van der Waals surface area contributed by atoms with E-state index in [1.54, 1.807) is 6.92 Å². The molecule has 12 nitrogen and oxygen atoms in total. The van der Waals surface area contributed by atoms with Crippen LogP contribution in [0.4, 0.5) is 0 Å². The highest BCUT2D eigenvalue weighted by molar-refractivity contribution is 5.86. The number of unbranched alkanes of at least 4 members (excludes halogenated alkanes) is 36. The molecule has 0 saturated heterocycles. The van der Waals surface area contributed by atoms with Gasteiger partial charge in [-0.2, -0.15) is 5.10 Å². The fraction of sp³-hybridized carbons (Fsp3) is 0.761. The Bertz CT molecular complexity index is 1850. The number of hydrogen-bond donors (Lipinski definition) is 5. The van der Waals surface area contributed by atoms with Gasteiger partial charge in [0.2, 0.25) is 11.8 Å². The number of carbonyl (C=O) groups is 4. The highest BCUT2D eigenvalue weighted by Crippen LogP contribution is 2.17. The molecule has 0 unspecified atom stereocenters. The van der Waals surface area contributed by atoms with Crippen molar-refractivity contribution < 1.29 is 29.4 Å². The number of rotatable bonds is 67. The molecule has 0 aliphatic carbocycles. The van der Waals surface area contributed by atoms with Crippen molar-refractivity contribution in [2.75, 3.05) is 47.9 Å². The number of amides is 2. The third-order valence-corrected chi connectivity index (χ3v) is 16.7. The average molecular weight is 1400 g/mol. The van der Waals surface area contributed by atoms with E-state index in [0.717, 1.165) is 84.2 Å². The molecule has 0 aromatic heterocycles. The number of hydrogen-bond acceptors (Lipinski definition) is 9. The highest BCUT2D eigenvalue weighted by Gasteiger charge is 2.06. The number of nitrogens with one attached hydrogen (secondary N) is 2. The van der Waals surface area contributed by atoms with E-state index in [1.165, 1.54) is 275 Å². The highest BCUT2D eigenvalue weighted by atomic mass is 16.4. The first-order chi connectivity index (χ1) is 48.7. The summed E-state index contributed by atoms with van der Waals surface area (Å²) in [5.41, 5.74) is 6.09. The summed E-state index contributed by atoms with van der Waals surface area (Å²) in [5.74, 6) is 4.41. The number of carboxylic acid groups (broad SMARTS) is 1. The number of carboxylic acids is 1. The normalized spacial score (nSPS) is 11.5. The van der Waals surface area contributed by atoms with Crippen LogP contribution in [-0.4, -0.2) is 97.2 Å². The van der Waals surface area contributed by atoms with E-state index in [2.05, 4.69) is 141 Å². The van der Waals surface area contributed by atoms with Crippen LogP contribution in [0.1, 0.15) is 388 Å². The molecule has 0 spiro atoms. The average Bonchev–Trinajstić information content (AvgIpc) is 2.00. The fourth-order valence-corrected chi connectivity index (χ4v) is 10.5. The lowest BCUT2D eigenvalue weighted by Gasteiger charge is -2.10. The summed E-state index contributed by atoms with van der Waals surface area (Å²) >= 11 is 0. The van der Waals surface area contributed by atoms with Gasteiger partial charge in [-0.1, -0.05) is 279 Å². The molecule has 0 aliphatic rings. The molecule has 0 bridgehead atoms. The van der Waals surface area contributed by atoms with Crippen LogP contribution in [-0.2, 0) is 19.2 Å². The number of aliphatic hydroxyl groups excluding tert-OH is 1. The number of allylic oxidation sites excluding steroid dienone is 16. The molecular weight excluding hydrogens is 1240 g/mol. The van der Waals surface area contributed by atoms with Crippen molar-refractivity contribution in [2.45, 2.75) is 388 Å². The number of nitrogens with two attached hydrogens (primary N) is 1. The monoisotopic (exact) mass is 1400 g/mol. The van der Waals surface area contributed by atoms with Gasteiger partial charge in [0.05, 0.1) is 0 Å². The van der Waals surface area contributed by atoms with E-state index in [1.807, 2.05) is 38.0 Å². The number of hydrazone groups is 1. The second kappa shape index (κ2) is 96.6. The molecule has 6 N–H and O–H groups in total. The number of hydrazine groups is 1. The summed E-state index contributed by atoms with van der Waals surface area (Å²) in [5, 5.41) is 19.6. The second-order valence-electron chi connectivity index (χ2n) is 27.6. The quantitative estimate of drug-likeness (QED) is 0.00990. The van der Waals surface area contributed by atoms with Gasteiger partial charge in [-0.15, -0.1) is 0 Å². The van der Waals surface area contributed by atoms with Crippen molar-refractivity contribution in [3.63, 3.8) is 0 Å². The predicted molar refractivity (Wildman–Crippen MR) is 441 cm³/mol. The molecule has 2 amide bonds. The van der Waals surface area contributed by atoms with Gasteiger partial charge in [-0.3, -0.25) is 24.6 Å². The smallest absolute Gasteiger partial charge is 0.300 e. The zero-order chi connectivity index (χ0) is 74.8. The lowest BCUT2D eigenvalue weighted by molar-refractivity contribution is -0.134. The van der Waals surface area contributed by atoms with E-state index in [0.29, 0.717) is 18.6 Å². The first-order valence-corrected chi connectivity index (χ1v) is 41.4. The van der Waals surface area contributed by atoms with Gasteiger partial charge in [-0.25, -0.2) is 11.3 Å². The lowest BCUT2D eigenvalue weighted by atomic mass is 10.0. The number of aliphatic carboxylic acids is 1. The minimum absolute atomic E-state index is 0.0280. The van der Waals surface area contributed by atoms with Crippen LogP contribution in [0.2, 0.25) is 0 Å². The minimum atomic E-state index is -0.833. The molecule has 100 heavy (non-hydrogen) atoms. The van der Waals surface area contributed by atoms with Crippen LogP contribution in [0.25, 0.3) is 0 Å². The molecule has 0 rings (SSSR count). The molecule has 0 radical (unpaired) electrons. The Morgan fingerprint density at radius 3 is 0.770 bits per heavy atom. The van der Waals surface area contributed by atoms with E-state index in [9.17, 15) is 14.4 Å². The number of carbonyl (C=O) groups excluding carboxylic acids is 3. The Kier molecular flexibility index (Phi) is 101. The van der Waals surface area contributed by atoms with Gasteiger partial charge >= 0.3 is 0 Å². The first-order valence-electron chi connectivity index (χ1n) is 41.4. The summed E-state index contributed by atoms with van der Waals surface area (Å²) in [7, 11) is 7.81. The van der Waals surface area contributed by atoms with Crippen LogP contribution in [0.5, 0.6) is 0 Å². The predicted octanol–water partition coefficient (Wildman–Crippen LogP) is 24.8. The fourth-order valence-electron chi connectivity index (χ4n) is 10.5. The van der Waals surface area contributed by atoms with Gasteiger partial charge in [0, 0.05) is 58.0 Å². The number of nitrogens with zero attached hydrogens (tertiary/aromatic N) is 3. The van der Waals surface area contributed by atoms with Crippen LogP contribution in [0.3, 0.4) is 0 Å². The van der Waals surface area contributed by atoms with Gasteiger partial charge < -0.3 is 20.0 Å². The Labute approximate surface area is 620 Å². The van der Waals surface area contributed by atoms with Gasteiger partial charge in [0.15, 0.2) is 0 Å². The molecular formula is C88H166N6O6. The maximum Gasteiger partial charge on any atom is 0.300 e. The molecule has 12 heteroatoms. The molecule has 0 atom stereocenters. The van der Waals surface area contributed by atoms with Crippen molar-refractivity contribution in [1.82, 2.24) is 20.7 Å². The van der Waals surface area contributed by atoms with Crippen molar-refractivity contribution >= 4 is 29.3 Å². The summed E-state index contributed by atoms with van der Waals surface area (Å²) in [4.78, 5) is 47.8. The third kappa shape index (κ3) is 112. The van der Waals surface area contributed by atoms with Crippen molar-refractivity contribution in [3.8, 4) is 0 Å². The largest absolute Gasteiger partial charge is 0.481 e. The Hall–Kier alpha value is -4.49. The Morgan fingerprint density at radius 1 is 0.330 bits per heavy atom. The van der Waals surface area contributed by atoms with E-state index >= 15 is 0 Å². The Morgan fingerprint density at radius 2 is 0.540 bits per heavy atom. The second-order valence-corrected chi connectivity index (χ2v) is 27.6. The zero-order valence-electron chi connectivity index (χ0n) is 67.5. The van der Waals surface area contributed by atoms with Crippen LogP contribution in [0, 0.1) is 0 Å². The topological polar surface area (TPSA) is 178 Å². The lowest BCUT2D eigenvalue weighted by Crippen LogP contribution is -2.32. The van der Waals surface area contributed by atoms with Crippen LogP contribution in [0.15, 0.2) is 102 Å². The maximum absolute atomic E-state index is 12.2. The third-order valence-electron chi connectivity index (χ3n) is 16.7. The van der Waals surface area contributed by atoms with Crippen molar-refractivity contribution in [3.05, 3.63) is 97.2 Å². The van der Waals surface area contributed by atoms with Crippen molar-refractivity contribution in [2.24, 2.45) is 10.9 Å². The summed E-state index contributed by atoms with van der Waals surface area (Å²) in [6.45, 7) is 13.5. The molecule has 0 fully saturated rings. The minimum Gasteiger partial charge on any atom is -0.481 e. The van der Waals surface area contributed by atoms with Crippen LogP contribution >= 0.6 is 0 Å². The molecule has 0 aliphatic heterocycles. The van der Waals surface area contributed by atoms with Gasteiger partial charge in [0.25, 0.3) is 5.97 Å². The van der Waals surface area contributed by atoms with Crippen LogP contribution < -0.4 is 16.7 Å². The number of Topliss-reactive ketones (excluding diaryl/α,β-unsaturated/α-hetero) is 1. The molecule has 0 saturated carbocycles. The molecule has 0 aromatic carbocycles. The molecule has 0 heterocycles. The van der Waals surface area contributed by atoms with E-state index < -0.39 is 5.97 Å². The molecule has 584 valence electrons. The van der Waals surface area contributed by atoms with E-state index in [4.69, 9.17) is 20.9 Å². The maximum atomic E-state index is 12.2.